The van der Waals surface area contributed by atoms with Gasteiger partial charge in [-0.05, 0) is 51.8 Å². The van der Waals surface area contributed by atoms with Crippen LogP contribution in [-0.2, 0) is 17.7 Å². The molecule has 10 heteroatoms. The van der Waals surface area contributed by atoms with Gasteiger partial charge in [-0.15, -0.1) is 24.0 Å². The molecule has 0 saturated heterocycles. The van der Waals surface area contributed by atoms with E-state index in [9.17, 15) is 4.79 Å². The lowest BCUT2D eigenvalue weighted by Gasteiger charge is -2.19. The zero-order valence-corrected chi connectivity index (χ0v) is 20.4. The minimum atomic E-state index is -0.524. The molecule has 0 fully saturated rings. The van der Waals surface area contributed by atoms with E-state index in [0.717, 1.165) is 18.5 Å². The number of nitrogens with one attached hydrogen (secondary N) is 3. The number of aliphatic imine (C=N–C) groups is 1. The first-order valence-electron chi connectivity index (χ1n) is 9.65. The number of aromatic nitrogens is 2. The molecule has 0 spiro atoms. The largest absolute Gasteiger partial charge is 0.444 e. The normalized spacial score (nSPS) is 11.4. The number of benzene rings is 1. The van der Waals surface area contributed by atoms with Crippen molar-refractivity contribution < 1.29 is 14.1 Å². The highest BCUT2D eigenvalue weighted by Gasteiger charge is 2.16. The van der Waals surface area contributed by atoms with Crippen molar-refractivity contribution in [2.75, 3.05) is 18.4 Å². The summed E-state index contributed by atoms with van der Waals surface area (Å²) in [6.45, 7) is 11.0. The first-order valence-corrected chi connectivity index (χ1v) is 9.65. The maximum Gasteiger partial charge on any atom is 0.412 e. The van der Waals surface area contributed by atoms with Crippen LogP contribution in [-0.4, -0.2) is 40.9 Å². The van der Waals surface area contributed by atoms with Gasteiger partial charge < -0.3 is 19.9 Å². The highest BCUT2D eigenvalue weighted by atomic mass is 127. The van der Waals surface area contributed by atoms with Gasteiger partial charge in [-0.3, -0.25) is 5.32 Å². The van der Waals surface area contributed by atoms with E-state index >= 15 is 0 Å². The number of carbonyl (C=O) groups is 1. The molecular weight excluding hydrogens is 499 g/mol. The Morgan fingerprint density at radius 3 is 2.47 bits per heavy atom. The lowest BCUT2D eigenvalue weighted by atomic mass is 10.1. The molecule has 0 saturated carbocycles. The van der Waals surface area contributed by atoms with E-state index in [0.29, 0.717) is 36.5 Å². The van der Waals surface area contributed by atoms with E-state index in [-0.39, 0.29) is 24.0 Å². The minimum absolute atomic E-state index is 0. The van der Waals surface area contributed by atoms with Gasteiger partial charge in [0, 0.05) is 25.7 Å². The summed E-state index contributed by atoms with van der Waals surface area (Å²) in [7, 11) is 0. The lowest BCUT2D eigenvalue weighted by molar-refractivity contribution is 0.0636. The first kappa shape index (κ1) is 25.7. The van der Waals surface area contributed by atoms with E-state index in [1.165, 1.54) is 0 Å². The van der Waals surface area contributed by atoms with Crippen molar-refractivity contribution in [3.8, 4) is 0 Å². The smallest absolute Gasteiger partial charge is 0.412 e. The Labute approximate surface area is 194 Å². The highest BCUT2D eigenvalue weighted by Crippen LogP contribution is 2.13. The zero-order valence-electron chi connectivity index (χ0n) is 18.1. The summed E-state index contributed by atoms with van der Waals surface area (Å²) < 4.78 is 10.2. The summed E-state index contributed by atoms with van der Waals surface area (Å²) in [4.78, 5) is 20.4. The van der Waals surface area contributed by atoms with Crippen molar-refractivity contribution in [3.63, 3.8) is 0 Å². The van der Waals surface area contributed by atoms with Crippen LogP contribution in [0.15, 0.2) is 33.8 Å². The molecule has 0 aliphatic heterocycles. The fourth-order valence-electron chi connectivity index (χ4n) is 2.40. The Morgan fingerprint density at radius 1 is 1.20 bits per heavy atom. The minimum Gasteiger partial charge on any atom is -0.444 e. The molecule has 2 aromatic rings. The van der Waals surface area contributed by atoms with Gasteiger partial charge in [0.2, 0.25) is 5.89 Å². The van der Waals surface area contributed by atoms with Gasteiger partial charge in [-0.2, -0.15) is 4.98 Å². The second kappa shape index (κ2) is 12.4. The molecule has 0 radical (unpaired) electrons. The highest BCUT2D eigenvalue weighted by molar-refractivity contribution is 14.0. The molecule has 9 nitrogen and oxygen atoms in total. The SMILES string of the molecule is CCNC(=NCc1noc(C)n1)NCCc1ccc(NC(=O)OC(C)(C)C)cc1.I. The summed E-state index contributed by atoms with van der Waals surface area (Å²) in [5.41, 5.74) is 1.31. The van der Waals surface area contributed by atoms with Crippen molar-refractivity contribution >= 4 is 41.7 Å². The standard InChI is InChI=1S/C20H30N6O3.HI/c1-6-21-18(23-13-17-24-14(2)29-26-17)22-12-11-15-7-9-16(10-8-15)25-19(27)28-20(3,4)5;/h7-10H,6,11-13H2,1-5H3,(H,25,27)(H2,21,22,23);1H. The van der Waals surface area contributed by atoms with Crippen LogP contribution in [0.4, 0.5) is 10.5 Å². The Bertz CT molecular complexity index is 815. The second-order valence-corrected chi connectivity index (χ2v) is 7.43. The molecule has 166 valence electrons. The van der Waals surface area contributed by atoms with Gasteiger partial charge in [0.05, 0.1) is 0 Å². The molecule has 3 N–H and O–H groups in total. The Hall–Kier alpha value is -2.37. The van der Waals surface area contributed by atoms with Crippen molar-refractivity contribution in [2.24, 2.45) is 4.99 Å². The summed E-state index contributed by atoms with van der Waals surface area (Å²) in [5.74, 6) is 1.77. The summed E-state index contributed by atoms with van der Waals surface area (Å²) in [6, 6.07) is 7.66. The van der Waals surface area contributed by atoms with Crippen molar-refractivity contribution in [1.29, 1.82) is 0 Å². The van der Waals surface area contributed by atoms with Crippen molar-refractivity contribution in [2.45, 2.75) is 53.2 Å². The Balaban J connectivity index is 0.00000450. The number of hydrogen-bond donors (Lipinski definition) is 3. The fourth-order valence-corrected chi connectivity index (χ4v) is 2.40. The zero-order chi connectivity index (χ0) is 21.3. The van der Waals surface area contributed by atoms with Crippen LogP contribution in [0.1, 0.15) is 45.0 Å². The Kier molecular flexibility index (Phi) is 10.6. The molecule has 0 aliphatic carbocycles. The van der Waals surface area contributed by atoms with Gasteiger partial charge in [0.15, 0.2) is 11.8 Å². The van der Waals surface area contributed by atoms with E-state index < -0.39 is 11.7 Å². The number of guanidine groups is 1. The number of anilines is 1. The number of hydrogen-bond acceptors (Lipinski definition) is 6. The predicted octanol–water partition coefficient (Wildman–Crippen LogP) is 3.64. The molecule has 1 aromatic heterocycles. The summed E-state index contributed by atoms with van der Waals surface area (Å²) >= 11 is 0. The van der Waals surface area contributed by atoms with Crippen LogP contribution in [0.25, 0.3) is 0 Å². The van der Waals surface area contributed by atoms with Gasteiger partial charge in [0.1, 0.15) is 12.1 Å². The fraction of sp³-hybridized carbons (Fsp3) is 0.500. The third-order valence-corrected chi connectivity index (χ3v) is 3.60. The van der Waals surface area contributed by atoms with Gasteiger partial charge in [-0.1, -0.05) is 17.3 Å². The van der Waals surface area contributed by atoms with Crippen LogP contribution in [0.2, 0.25) is 0 Å². The van der Waals surface area contributed by atoms with Gasteiger partial charge >= 0.3 is 6.09 Å². The molecule has 0 unspecified atom stereocenters. The van der Waals surface area contributed by atoms with Crippen LogP contribution >= 0.6 is 24.0 Å². The third kappa shape index (κ3) is 9.90. The topological polar surface area (TPSA) is 114 Å². The molecule has 2 rings (SSSR count). The van der Waals surface area contributed by atoms with Crippen molar-refractivity contribution in [3.05, 3.63) is 41.5 Å². The predicted molar refractivity (Wildman–Crippen MR) is 127 cm³/mol. The van der Waals surface area contributed by atoms with Crippen molar-refractivity contribution in [1.82, 2.24) is 20.8 Å². The van der Waals surface area contributed by atoms with Gasteiger partial charge in [0.25, 0.3) is 0 Å². The average molecular weight is 530 g/mol. The van der Waals surface area contributed by atoms with E-state index in [1.807, 2.05) is 52.0 Å². The molecule has 1 amide bonds. The number of halogens is 1. The number of rotatable bonds is 7. The van der Waals surface area contributed by atoms with Gasteiger partial charge in [-0.25, -0.2) is 9.79 Å². The molecule has 0 aliphatic rings. The van der Waals surface area contributed by atoms with E-state index in [2.05, 4.69) is 31.1 Å². The second-order valence-electron chi connectivity index (χ2n) is 7.43. The molecule has 1 heterocycles. The van der Waals surface area contributed by atoms with E-state index in [1.54, 1.807) is 6.92 Å². The monoisotopic (exact) mass is 530 g/mol. The third-order valence-electron chi connectivity index (χ3n) is 3.60. The average Bonchev–Trinajstić information content (AvgIpc) is 3.05. The number of carbonyl (C=O) groups excluding carboxylic acids is 1. The number of ether oxygens (including phenoxy) is 1. The van der Waals surface area contributed by atoms with Crippen LogP contribution in [0.5, 0.6) is 0 Å². The maximum absolute atomic E-state index is 11.8. The summed E-state index contributed by atoms with van der Waals surface area (Å²) in [6.07, 6.45) is 0.341. The van der Waals surface area contributed by atoms with E-state index in [4.69, 9.17) is 9.26 Å². The summed E-state index contributed by atoms with van der Waals surface area (Å²) in [5, 5.41) is 13.0. The number of nitrogens with zero attached hydrogens (tertiary/aromatic N) is 3. The molecule has 30 heavy (non-hydrogen) atoms. The number of aryl methyl sites for hydroxylation is 1. The molecule has 0 bridgehead atoms. The van der Waals surface area contributed by atoms with Crippen LogP contribution in [0.3, 0.4) is 0 Å². The Morgan fingerprint density at radius 2 is 1.90 bits per heavy atom. The first-order chi connectivity index (χ1) is 13.7. The molecular formula is C20H31IN6O3. The number of amides is 1. The maximum atomic E-state index is 11.8. The lowest BCUT2D eigenvalue weighted by Crippen LogP contribution is -2.38. The van der Waals surface area contributed by atoms with Crippen LogP contribution < -0.4 is 16.0 Å². The van der Waals surface area contributed by atoms with Crippen LogP contribution in [0, 0.1) is 6.92 Å². The molecule has 1 aromatic carbocycles. The molecule has 0 atom stereocenters. The quantitative estimate of drug-likeness (QED) is 0.285.